The van der Waals surface area contributed by atoms with E-state index in [1.165, 1.54) is 12.1 Å². The molecular weight excluding hydrogens is 539 g/mol. The molecule has 2 aliphatic rings. The van der Waals surface area contributed by atoms with E-state index in [1.807, 2.05) is 49.0 Å². The van der Waals surface area contributed by atoms with Crippen molar-refractivity contribution in [1.82, 2.24) is 14.3 Å². The maximum Gasteiger partial charge on any atom is 0.241 e. The van der Waals surface area contributed by atoms with E-state index < -0.39 is 16.1 Å². The van der Waals surface area contributed by atoms with Crippen LogP contribution in [0.4, 0.5) is 10.1 Å². The number of carbonyl (C=O) groups is 1. The number of hydrogen-bond donors (Lipinski definition) is 1. The summed E-state index contributed by atoms with van der Waals surface area (Å²) in [6, 6.07) is 18.8. The molecule has 0 saturated heterocycles. The van der Waals surface area contributed by atoms with Gasteiger partial charge in [-0.1, -0.05) is 30.3 Å². The standard InChI is InChI=1S/C32H33FN4O3S/c1-21-5-3-7-26(17-21)41(39,40)35-30-8-4-6-22-11-14-25(18-28(22)30)37(20-31-34-15-16-36(31)2)32(38)29-19-27(29)23-9-12-24(33)13-10-23/h3,5,7,9-18,27,29-30,35H,4,6,8,19-20H2,1-2H3. The largest absolute Gasteiger partial charge is 0.337 e. The van der Waals surface area contributed by atoms with Crippen molar-refractivity contribution < 1.29 is 17.6 Å². The van der Waals surface area contributed by atoms with Crippen molar-refractivity contribution in [2.24, 2.45) is 13.0 Å². The minimum Gasteiger partial charge on any atom is -0.337 e. The minimum absolute atomic E-state index is 0.0185. The second kappa shape index (κ2) is 10.9. The van der Waals surface area contributed by atoms with Gasteiger partial charge in [0.1, 0.15) is 11.6 Å². The summed E-state index contributed by atoms with van der Waals surface area (Å²) in [7, 11) is -1.84. The zero-order chi connectivity index (χ0) is 28.7. The average molecular weight is 573 g/mol. The molecule has 4 aromatic rings. The molecule has 6 rings (SSSR count). The van der Waals surface area contributed by atoms with Gasteiger partial charge in [0.2, 0.25) is 15.9 Å². The zero-order valence-electron chi connectivity index (χ0n) is 23.1. The number of hydrogen-bond acceptors (Lipinski definition) is 4. The van der Waals surface area contributed by atoms with Crippen molar-refractivity contribution in [3.63, 3.8) is 0 Å². The molecule has 212 valence electrons. The zero-order valence-corrected chi connectivity index (χ0v) is 23.9. The molecule has 3 aromatic carbocycles. The van der Waals surface area contributed by atoms with Crippen LogP contribution in [0.2, 0.25) is 0 Å². The lowest BCUT2D eigenvalue weighted by Crippen LogP contribution is -2.34. The van der Waals surface area contributed by atoms with Crippen LogP contribution >= 0.6 is 0 Å². The molecule has 1 amide bonds. The van der Waals surface area contributed by atoms with E-state index in [-0.39, 0.29) is 35.0 Å². The number of nitrogens with zero attached hydrogens (tertiary/aromatic N) is 3. The van der Waals surface area contributed by atoms with Crippen LogP contribution in [0.25, 0.3) is 0 Å². The van der Waals surface area contributed by atoms with Crippen molar-refractivity contribution in [2.45, 2.75) is 56.0 Å². The van der Waals surface area contributed by atoms with Gasteiger partial charge in [-0.25, -0.2) is 22.5 Å². The van der Waals surface area contributed by atoms with Gasteiger partial charge in [0.25, 0.3) is 0 Å². The molecule has 0 aliphatic heterocycles. The molecule has 3 atom stereocenters. The summed E-state index contributed by atoms with van der Waals surface area (Å²) in [4.78, 5) is 20.5. The van der Waals surface area contributed by atoms with Crippen LogP contribution in [0.3, 0.4) is 0 Å². The van der Waals surface area contributed by atoms with E-state index in [0.29, 0.717) is 18.5 Å². The van der Waals surface area contributed by atoms with Crippen molar-refractivity contribution in [3.8, 4) is 0 Å². The molecule has 0 bridgehead atoms. The Morgan fingerprint density at radius 2 is 1.93 bits per heavy atom. The number of halogens is 1. The second-order valence-corrected chi connectivity index (χ2v) is 12.9. The predicted molar refractivity (Wildman–Crippen MR) is 155 cm³/mol. The number of amides is 1. The molecule has 0 spiro atoms. The van der Waals surface area contributed by atoms with E-state index in [0.717, 1.165) is 40.9 Å². The summed E-state index contributed by atoms with van der Waals surface area (Å²) in [5.41, 5.74) is 4.52. The Morgan fingerprint density at radius 3 is 2.66 bits per heavy atom. The lowest BCUT2D eigenvalue weighted by Gasteiger charge is -2.29. The molecule has 9 heteroatoms. The molecule has 1 N–H and O–H groups in total. The van der Waals surface area contributed by atoms with Gasteiger partial charge in [-0.05, 0) is 97.2 Å². The van der Waals surface area contributed by atoms with E-state index in [2.05, 4.69) is 9.71 Å². The molecule has 3 unspecified atom stereocenters. The summed E-state index contributed by atoms with van der Waals surface area (Å²) in [5, 5.41) is 0. The number of fused-ring (bicyclic) bond motifs is 1. The second-order valence-electron chi connectivity index (χ2n) is 11.1. The molecular formula is C32H33FN4O3S. The van der Waals surface area contributed by atoms with Gasteiger partial charge in [-0.3, -0.25) is 4.79 Å². The van der Waals surface area contributed by atoms with Gasteiger partial charge in [-0.2, -0.15) is 0 Å². The smallest absolute Gasteiger partial charge is 0.241 e. The number of carbonyl (C=O) groups excluding carboxylic acids is 1. The third-order valence-electron chi connectivity index (χ3n) is 8.25. The van der Waals surface area contributed by atoms with E-state index in [4.69, 9.17) is 0 Å². The number of aryl methyl sites for hydroxylation is 3. The SMILES string of the molecule is Cc1cccc(S(=O)(=O)NC2CCCc3ccc(N(Cc4nccn4C)C(=O)C4CC4c4ccc(F)cc4)cc32)c1. The maximum absolute atomic E-state index is 14.0. The van der Waals surface area contributed by atoms with Gasteiger partial charge >= 0.3 is 0 Å². The van der Waals surface area contributed by atoms with E-state index in [1.54, 1.807) is 41.4 Å². The van der Waals surface area contributed by atoms with Gasteiger partial charge < -0.3 is 9.47 Å². The highest BCUT2D eigenvalue weighted by Gasteiger charge is 2.46. The summed E-state index contributed by atoms with van der Waals surface area (Å²) < 4.78 is 44.9. The number of sulfonamides is 1. The Balaban J connectivity index is 1.31. The topological polar surface area (TPSA) is 84.3 Å². The number of rotatable bonds is 8. The lowest BCUT2D eigenvalue weighted by molar-refractivity contribution is -0.120. The van der Waals surface area contributed by atoms with E-state index in [9.17, 15) is 17.6 Å². The fraction of sp³-hybridized carbons (Fsp3) is 0.312. The lowest BCUT2D eigenvalue weighted by atomic mass is 9.87. The number of benzene rings is 3. The molecule has 41 heavy (non-hydrogen) atoms. The highest BCUT2D eigenvalue weighted by Crippen LogP contribution is 2.49. The van der Waals surface area contributed by atoms with Gasteiger partial charge in [0.05, 0.1) is 11.4 Å². The Bertz CT molecular complexity index is 1700. The number of anilines is 1. The third kappa shape index (κ3) is 5.69. The first-order valence-corrected chi connectivity index (χ1v) is 15.4. The molecule has 1 fully saturated rings. The molecule has 0 radical (unpaired) electrons. The van der Waals surface area contributed by atoms with E-state index >= 15 is 0 Å². The summed E-state index contributed by atoms with van der Waals surface area (Å²) >= 11 is 0. The van der Waals surface area contributed by atoms with Gasteiger partial charge in [0, 0.05) is 37.1 Å². The fourth-order valence-electron chi connectivity index (χ4n) is 5.85. The number of imidazole rings is 1. The summed E-state index contributed by atoms with van der Waals surface area (Å²) in [6.45, 7) is 2.16. The highest BCUT2D eigenvalue weighted by atomic mass is 32.2. The predicted octanol–water partition coefficient (Wildman–Crippen LogP) is 5.56. The fourth-order valence-corrected chi connectivity index (χ4v) is 7.20. The van der Waals surface area contributed by atoms with Crippen LogP contribution in [-0.2, 0) is 34.8 Å². The van der Waals surface area contributed by atoms with Crippen LogP contribution < -0.4 is 9.62 Å². The van der Waals surface area contributed by atoms with Crippen LogP contribution in [0.5, 0.6) is 0 Å². The average Bonchev–Trinajstić information content (AvgIpc) is 3.66. The van der Waals surface area contributed by atoms with Crippen LogP contribution in [0.15, 0.2) is 84.0 Å². The van der Waals surface area contributed by atoms with Crippen LogP contribution in [0.1, 0.15) is 59.3 Å². The first-order valence-electron chi connectivity index (χ1n) is 13.9. The number of nitrogens with one attached hydrogen (secondary N) is 1. The van der Waals surface area contributed by atoms with Crippen LogP contribution in [0, 0.1) is 18.7 Å². The van der Waals surface area contributed by atoms with Crippen molar-refractivity contribution in [2.75, 3.05) is 4.90 Å². The van der Waals surface area contributed by atoms with Crippen molar-refractivity contribution in [3.05, 3.63) is 113 Å². The Hall–Kier alpha value is -3.82. The molecule has 7 nitrogen and oxygen atoms in total. The van der Waals surface area contributed by atoms with Gasteiger partial charge in [-0.15, -0.1) is 0 Å². The summed E-state index contributed by atoms with van der Waals surface area (Å²) in [6.07, 6.45) is 6.64. The number of aromatic nitrogens is 2. The quantitative estimate of drug-likeness (QED) is 0.300. The molecule has 2 aliphatic carbocycles. The minimum atomic E-state index is -3.74. The molecule has 1 saturated carbocycles. The van der Waals surface area contributed by atoms with Crippen LogP contribution in [-0.4, -0.2) is 23.9 Å². The molecule has 1 heterocycles. The molecule has 1 aromatic heterocycles. The first-order chi connectivity index (χ1) is 19.7. The van der Waals surface area contributed by atoms with Gasteiger partial charge in [0.15, 0.2) is 0 Å². The maximum atomic E-state index is 14.0. The third-order valence-corrected chi connectivity index (χ3v) is 9.71. The Kier molecular flexibility index (Phi) is 7.25. The Labute approximate surface area is 240 Å². The normalized spacial score (nSPS) is 19.9. The van der Waals surface area contributed by atoms with Crippen molar-refractivity contribution in [1.29, 1.82) is 0 Å². The Morgan fingerprint density at radius 1 is 1.12 bits per heavy atom. The van der Waals surface area contributed by atoms with Crippen molar-refractivity contribution >= 4 is 21.6 Å². The summed E-state index contributed by atoms with van der Waals surface area (Å²) in [5.74, 6) is 0.253. The highest BCUT2D eigenvalue weighted by molar-refractivity contribution is 7.89. The first kappa shape index (κ1) is 27.4. The monoisotopic (exact) mass is 572 g/mol.